The molecule has 1 amide bonds. The van der Waals surface area contributed by atoms with Gasteiger partial charge in [-0.25, -0.2) is 14.4 Å². The maximum absolute atomic E-state index is 14.6. The van der Waals surface area contributed by atoms with E-state index in [-0.39, 0.29) is 41.7 Å². The van der Waals surface area contributed by atoms with Gasteiger partial charge in [0.2, 0.25) is 5.91 Å². The highest BCUT2D eigenvalue weighted by molar-refractivity contribution is 14.0. The van der Waals surface area contributed by atoms with Crippen molar-refractivity contribution in [2.45, 2.75) is 46.2 Å². The van der Waals surface area contributed by atoms with E-state index in [9.17, 15) is 9.18 Å². The van der Waals surface area contributed by atoms with E-state index in [0.29, 0.717) is 31.2 Å². The van der Waals surface area contributed by atoms with Crippen LogP contribution in [0.15, 0.2) is 35.6 Å². The molecule has 30 heavy (non-hydrogen) atoms. The van der Waals surface area contributed by atoms with Crippen LogP contribution in [0.1, 0.15) is 38.1 Å². The van der Waals surface area contributed by atoms with Crippen LogP contribution >= 0.6 is 24.0 Å². The average molecular weight is 528 g/mol. The van der Waals surface area contributed by atoms with Crippen molar-refractivity contribution in [1.82, 2.24) is 25.1 Å². The summed E-state index contributed by atoms with van der Waals surface area (Å²) >= 11 is 0. The minimum absolute atomic E-state index is 0. The van der Waals surface area contributed by atoms with Gasteiger partial charge in [-0.05, 0) is 38.0 Å². The van der Waals surface area contributed by atoms with Crippen LogP contribution in [0.5, 0.6) is 0 Å². The second kappa shape index (κ2) is 11.3. The Labute approximate surface area is 194 Å². The third-order valence-electron chi connectivity index (χ3n) is 5.05. The van der Waals surface area contributed by atoms with Crippen molar-refractivity contribution in [3.05, 3.63) is 47.8 Å². The number of hydrogen-bond acceptors (Lipinski definition) is 3. The molecule has 1 saturated heterocycles. The number of rotatable bonds is 6. The first-order valence-corrected chi connectivity index (χ1v) is 10.1. The van der Waals surface area contributed by atoms with Crippen LogP contribution in [0.3, 0.4) is 0 Å². The zero-order valence-electron chi connectivity index (χ0n) is 17.7. The highest BCUT2D eigenvalue weighted by Crippen LogP contribution is 2.17. The Morgan fingerprint density at radius 2 is 2.17 bits per heavy atom. The first-order valence-electron chi connectivity index (χ1n) is 10.1. The van der Waals surface area contributed by atoms with Gasteiger partial charge in [-0.15, -0.1) is 24.0 Å². The second-order valence-electron chi connectivity index (χ2n) is 7.15. The number of guanidine groups is 1. The Bertz CT molecular complexity index is 884. The van der Waals surface area contributed by atoms with E-state index >= 15 is 0 Å². The molecule has 2 heterocycles. The van der Waals surface area contributed by atoms with Gasteiger partial charge in [0.15, 0.2) is 5.96 Å². The molecule has 0 spiro atoms. The van der Waals surface area contributed by atoms with E-state index in [1.807, 2.05) is 31.7 Å². The lowest BCUT2D eigenvalue weighted by Crippen LogP contribution is -2.45. The number of likely N-dealkylation sites (tertiary alicyclic amines) is 1. The van der Waals surface area contributed by atoms with E-state index in [4.69, 9.17) is 0 Å². The fourth-order valence-corrected chi connectivity index (χ4v) is 3.49. The summed E-state index contributed by atoms with van der Waals surface area (Å²) in [6, 6.07) is 5.31. The number of aryl methyl sites for hydroxylation is 1. The number of hydrogen-bond donors (Lipinski definition) is 2. The van der Waals surface area contributed by atoms with E-state index in [2.05, 4.69) is 20.6 Å². The number of benzene rings is 1. The predicted molar refractivity (Wildman–Crippen MR) is 127 cm³/mol. The quantitative estimate of drug-likeness (QED) is 0.344. The Morgan fingerprint density at radius 3 is 2.80 bits per heavy atom. The van der Waals surface area contributed by atoms with Gasteiger partial charge in [-0.1, -0.05) is 13.0 Å². The van der Waals surface area contributed by atoms with Crippen molar-refractivity contribution >= 4 is 35.8 Å². The van der Waals surface area contributed by atoms with Crippen LogP contribution in [0.4, 0.5) is 4.39 Å². The first kappa shape index (κ1) is 24.1. The maximum Gasteiger partial charge on any atom is 0.222 e. The van der Waals surface area contributed by atoms with Crippen LogP contribution in [0.25, 0.3) is 5.69 Å². The summed E-state index contributed by atoms with van der Waals surface area (Å²) < 4.78 is 16.3. The van der Waals surface area contributed by atoms with Gasteiger partial charge in [0.1, 0.15) is 11.6 Å². The molecular weight excluding hydrogens is 498 g/mol. The Kier molecular flexibility index (Phi) is 9.07. The van der Waals surface area contributed by atoms with Crippen molar-refractivity contribution in [3.63, 3.8) is 0 Å². The molecule has 1 aliphatic heterocycles. The van der Waals surface area contributed by atoms with Gasteiger partial charge in [0.05, 0.1) is 12.2 Å². The topological polar surface area (TPSA) is 74.6 Å². The minimum atomic E-state index is -0.304. The van der Waals surface area contributed by atoms with Crippen LogP contribution in [-0.2, 0) is 11.3 Å². The molecule has 164 valence electrons. The van der Waals surface area contributed by atoms with E-state index in [0.717, 1.165) is 30.9 Å². The average Bonchev–Trinajstić information content (AvgIpc) is 3.35. The second-order valence-corrected chi connectivity index (χ2v) is 7.15. The summed E-state index contributed by atoms with van der Waals surface area (Å²) in [4.78, 5) is 22.5. The zero-order valence-corrected chi connectivity index (χ0v) is 20.0. The summed E-state index contributed by atoms with van der Waals surface area (Å²) in [5.74, 6) is 1.29. The van der Waals surface area contributed by atoms with Gasteiger partial charge < -0.3 is 20.1 Å². The number of aliphatic imine (C=N–C) groups is 1. The van der Waals surface area contributed by atoms with Crippen LogP contribution in [0, 0.1) is 12.7 Å². The summed E-state index contributed by atoms with van der Waals surface area (Å²) in [5, 5.41) is 6.61. The van der Waals surface area contributed by atoms with Crippen LogP contribution < -0.4 is 10.6 Å². The van der Waals surface area contributed by atoms with Gasteiger partial charge in [-0.2, -0.15) is 0 Å². The Hall–Kier alpha value is -2.17. The van der Waals surface area contributed by atoms with E-state index in [1.54, 1.807) is 23.0 Å². The number of carbonyl (C=O) groups excluding carboxylic acids is 1. The molecular formula is C21H30FIN6O. The Balaban J connectivity index is 0.00000320. The monoisotopic (exact) mass is 528 g/mol. The third-order valence-corrected chi connectivity index (χ3v) is 5.05. The first-order chi connectivity index (χ1) is 14.0. The lowest BCUT2D eigenvalue weighted by Gasteiger charge is -2.18. The molecule has 1 fully saturated rings. The Morgan fingerprint density at radius 1 is 1.37 bits per heavy atom. The lowest BCUT2D eigenvalue weighted by molar-refractivity contribution is -0.129. The van der Waals surface area contributed by atoms with Gasteiger partial charge >= 0.3 is 0 Å². The summed E-state index contributed by atoms with van der Waals surface area (Å²) in [6.45, 7) is 8.26. The number of nitrogens with zero attached hydrogens (tertiary/aromatic N) is 4. The molecule has 1 aliphatic rings. The number of halogens is 2. The van der Waals surface area contributed by atoms with E-state index < -0.39 is 0 Å². The largest absolute Gasteiger partial charge is 0.357 e. The molecule has 1 aromatic carbocycles. The molecule has 1 unspecified atom stereocenters. The van der Waals surface area contributed by atoms with Crippen molar-refractivity contribution in [3.8, 4) is 5.69 Å². The summed E-state index contributed by atoms with van der Waals surface area (Å²) in [5.41, 5.74) is 1.26. The van der Waals surface area contributed by atoms with Crippen molar-refractivity contribution in [2.24, 2.45) is 4.99 Å². The molecule has 0 aliphatic carbocycles. The van der Waals surface area contributed by atoms with Gasteiger partial charge in [-0.3, -0.25) is 4.79 Å². The highest BCUT2D eigenvalue weighted by Gasteiger charge is 2.25. The molecule has 3 rings (SSSR count). The fraction of sp³-hybridized carbons (Fsp3) is 0.476. The number of aromatic nitrogens is 2. The van der Waals surface area contributed by atoms with Gasteiger partial charge in [0, 0.05) is 44.5 Å². The van der Waals surface area contributed by atoms with Crippen molar-refractivity contribution in [2.75, 3.05) is 19.6 Å². The standard InChI is InChI=1S/C21H29FN6O.HI/c1-4-20(29)27-10-8-17(14-27)26-21(23-5-2)25-13-16-6-7-19(18(22)12-16)28-11-9-24-15(28)3;/h6-7,9,11-12,17H,4-5,8,10,13-14H2,1-3H3,(H2,23,25,26);1H. The number of nitrogens with one attached hydrogen (secondary N) is 2. The number of imidazole rings is 1. The van der Waals surface area contributed by atoms with Gasteiger partial charge in [0.25, 0.3) is 0 Å². The molecule has 9 heteroatoms. The maximum atomic E-state index is 14.6. The highest BCUT2D eigenvalue weighted by atomic mass is 127. The smallest absolute Gasteiger partial charge is 0.222 e. The fourth-order valence-electron chi connectivity index (χ4n) is 3.49. The number of amides is 1. The zero-order chi connectivity index (χ0) is 20.8. The third kappa shape index (κ3) is 5.93. The van der Waals surface area contributed by atoms with E-state index in [1.165, 1.54) is 6.07 Å². The number of carbonyl (C=O) groups is 1. The normalized spacial score (nSPS) is 16.3. The summed E-state index contributed by atoms with van der Waals surface area (Å²) in [6.07, 6.45) is 4.82. The van der Waals surface area contributed by atoms with Crippen LogP contribution in [0.2, 0.25) is 0 Å². The van der Waals surface area contributed by atoms with Crippen molar-refractivity contribution in [1.29, 1.82) is 0 Å². The molecule has 1 aromatic heterocycles. The molecule has 0 bridgehead atoms. The van der Waals surface area contributed by atoms with Crippen LogP contribution in [-0.4, -0.2) is 52.0 Å². The molecule has 1 atom stereocenters. The minimum Gasteiger partial charge on any atom is -0.357 e. The molecule has 0 radical (unpaired) electrons. The molecule has 7 nitrogen and oxygen atoms in total. The predicted octanol–water partition coefficient (Wildman–Crippen LogP) is 3.00. The lowest BCUT2D eigenvalue weighted by atomic mass is 10.2. The molecule has 2 N–H and O–H groups in total. The van der Waals surface area contributed by atoms with Crippen molar-refractivity contribution < 1.29 is 9.18 Å². The summed E-state index contributed by atoms with van der Waals surface area (Å²) in [7, 11) is 0. The molecule has 0 saturated carbocycles. The molecule has 2 aromatic rings. The SMILES string of the molecule is CCNC(=NCc1ccc(-n2ccnc2C)c(F)c1)NC1CCN(C(=O)CC)C1.I.